The Morgan fingerprint density at radius 3 is 2.52 bits per heavy atom. The second-order valence-corrected chi connectivity index (χ2v) is 5.94. The van der Waals surface area contributed by atoms with Crippen molar-refractivity contribution in [1.29, 1.82) is 5.26 Å². The van der Waals surface area contributed by atoms with Crippen LogP contribution in [0.1, 0.15) is 16.8 Å². The third-order valence-corrected chi connectivity index (χ3v) is 3.88. The molecule has 0 unspecified atom stereocenters. The van der Waals surface area contributed by atoms with E-state index in [0.29, 0.717) is 0 Å². The summed E-state index contributed by atoms with van der Waals surface area (Å²) in [5, 5.41) is 15.3. The molecule has 5 nitrogen and oxygen atoms in total. The van der Waals surface area contributed by atoms with E-state index in [2.05, 4.69) is 10.4 Å². The number of nitriles is 1. The highest BCUT2D eigenvalue weighted by Gasteiger charge is 2.34. The molecular weight excluding hydrogens is 395 g/mol. The molecule has 29 heavy (non-hydrogen) atoms. The number of hydrogen-bond acceptors (Lipinski definition) is 3. The monoisotopic (exact) mass is 406 g/mol. The lowest BCUT2D eigenvalue weighted by Crippen LogP contribution is -2.15. The minimum atomic E-state index is -4.71. The number of nitrogens with one attached hydrogen (secondary N) is 1. The van der Waals surface area contributed by atoms with Crippen molar-refractivity contribution in [3.63, 3.8) is 0 Å². The van der Waals surface area contributed by atoms with Crippen molar-refractivity contribution in [3.8, 4) is 11.8 Å². The van der Waals surface area contributed by atoms with Gasteiger partial charge in [0, 0.05) is 18.0 Å². The number of carbonyl (C=O) groups is 1. The molecule has 0 fully saturated rings. The number of anilines is 1. The fourth-order valence-corrected chi connectivity index (χ4v) is 2.55. The Morgan fingerprint density at radius 2 is 1.86 bits per heavy atom. The lowest BCUT2D eigenvalue weighted by molar-refractivity contribution is -0.137. The second-order valence-electron chi connectivity index (χ2n) is 5.94. The van der Waals surface area contributed by atoms with Crippen LogP contribution in [-0.2, 0) is 17.4 Å². The number of benzene rings is 2. The SMILES string of the molecule is N#Cc1ccc(-n2ccc(CC(=O)Nc3ccc(F)c(F)c3)n2)cc1C(F)(F)F. The normalized spacial score (nSPS) is 11.2. The summed E-state index contributed by atoms with van der Waals surface area (Å²) in [5.74, 6) is -2.74. The Bertz CT molecular complexity index is 1110. The van der Waals surface area contributed by atoms with Crippen LogP contribution in [0.4, 0.5) is 27.6 Å². The Morgan fingerprint density at radius 1 is 1.10 bits per heavy atom. The molecular formula is C19H11F5N4O. The molecule has 0 aliphatic heterocycles. The first kappa shape index (κ1) is 20.0. The fraction of sp³-hybridized carbons (Fsp3) is 0.105. The van der Waals surface area contributed by atoms with Crippen LogP contribution in [0.25, 0.3) is 5.69 Å². The van der Waals surface area contributed by atoms with Crippen molar-refractivity contribution >= 4 is 11.6 Å². The summed E-state index contributed by atoms with van der Waals surface area (Å²) in [6, 6.07) is 8.91. The van der Waals surface area contributed by atoms with Gasteiger partial charge in [0.25, 0.3) is 0 Å². The van der Waals surface area contributed by atoms with E-state index in [1.165, 1.54) is 30.5 Å². The molecule has 1 heterocycles. The van der Waals surface area contributed by atoms with Crippen LogP contribution >= 0.6 is 0 Å². The number of halogens is 5. The van der Waals surface area contributed by atoms with Crippen molar-refractivity contribution < 1.29 is 26.7 Å². The first-order valence-electron chi connectivity index (χ1n) is 8.08. The predicted molar refractivity (Wildman–Crippen MR) is 92.0 cm³/mol. The number of nitrogens with zero attached hydrogens (tertiary/aromatic N) is 3. The van der Waals surface area contributed by atoms with Gasteiger partial charge in [-0.2, -0.15) is 23.5 Å². The lowest BCUT2D eigenvalue weighted by Gasteiger charge is -2.10. The molecule has 0 aliphatic carbocycles. The van der Waals surface area contributed by atoms with Gasteiger partial charge in [0.1, 0.15) is 0 Å². The van der Waals surface area contributed by atoms with Gasteiger partial charge in [0.15, 0.2) is 11.6 Å². The molecule has 1 aromatic heterocycles. The van der Waals surface area contributed by atoms with Gasteiger partial charge in [0.05, 0.1) is 35.0 Å². The van der Waals surface area contributed by atoms with Gasteiger partial charge in [-0.05, 0) is 36.4 Å². The molecule has 0 atom stereocenters. The zero-order valence-electron chi connectivity index (χ0n) is 14.5. The first-order valence-corrected chi connectivity index (χ1v) is 8.08. The van der Waals surface area contributed by atoms with Crippen molar-refractivity contribution in [2.24, 2.45) is 0 Å². The van der Waals surface area contributed by atoms with Crippen molar-refractivity contribution in [2.75, 3.05) is 5.32 Å². The number of aromatic nitrogens is 2. The molecule has 1 N–H and O–H groups in total. The third-order valence-electron chi connectivity index (χ3n) is 3.88. The average molecular weight is 406 g/mol. The highest BCUT2D eigenvalue weighted by atomic mass is 19.4. The van der Waals surface area contributed by atoms with E-state index in [0.717, 1.165) is 28.9 Å². The summed E-state index contributed by atoms with van der Waals surface area (Å²) in [5.41, 5.74) is -1.26. The van der Waals surface area contributed by atoms with Crippen molar-refractivity contribution in [3.05, 3.63) is 77.1 Å². The lowest BCUT2D eigenvalue weighted by atomic mass is 10.1. The maximum absolute atomic E-state index is 13.2. The van der Waals surface area contributed by atoms with E-state index >= 15 is 0 Å². The Hall–Kier alpha value is -3.74. The number of amides is 1. The van der Waals surface area contributed by atoms with Crippen molar-refractivity contribution in [2.45, 2.75) is 12.6 Å². The van der Waals surface area contributed by atoms with Gasteiger partial charge in [-0.25, -0.2) is 13.5 Å². The molecule has 0 aliphatic rings. The maximum Gasteiger partial charge on any atom is 0.417 e. The van der Waals surface area contributed by atoms with Gasteiger partial charge < -0.3 is 5.32 Å². The molecule has 148 valence electrons. The highest BCUT2D eigenvalue weighted by molar-refractivity contribution is 5.91. The molecule has 10 heteroatoms. The number of alkyl halides is 3. The summed E-state index contributed by atoms with van der Waals surface area (Å²) in [7, 11) is 0. The summed E-state index contributed by atoms with van der Waals surface area (Å²) < 4.78 is 66.5. The van der Waals surface area contributed by atoms with E-state index in [9.17, 15) is 26.7 Å². The summed E-state index contributed by atoms with van der Waals surface area (Å²) in [6.45, 7) is 0. The largest absolute Gasteiger partial charge is 0.417 e. The number of hydrogen-bond donors (Lipinski definition) is 1. The third kappa shape index (κ3) is 4.57. The van der Waals surface area contributed by atoms with Crippen LogP contribution < -0.4 is 5.32 Å². The predicted octanol–water partition coefficient (Wildman–Crippen LogP) is 4.22. The van der Waals surface area contributed by atoms with Gasteiger partial charge in [0.2, 0.25) is 5.91 Å². The van der Waals surface area contributed by atoms with Crippen LogP contribution in [-0.4, -0.2) is 15.7 Å². The van der Waals surface area contributed by atoms with Gasteiger partial charge in [-0.15, -0.1) is 0 Å². The van der Waals surface area contributed by atoms with E-state index in [-0.39, 0.29) is 23.5 Å². The van der Waals surface area contributed by atoms with Crippen molar-refractivity contribution in [1.82, 2.24) is 9.78 Å². The average Bonchev–Trinajstić information content (AvgIpc) is 3.11. The maximum atomic E-state index is 13.2. The van der Waals surface area contributed by atoms with Crippen LogP contribution in [0.2, 0.25) is 0 Å². The van der Waals surface area contributed by atoms with E-state index < -0.39 is 34.8 Å². The molecule has 0 saturated heterocycles. The van der Waals surface area contributed by atoms with Crippen LogP contribution in [0.15, 0.2) is 48.7 Å². The minimum Gasteiger partial charge on any atom is -0.326 e. The number of carbonyl (C=O) groups excluding carboxylic acids is 1. The second kappa shape index (κ2) is 7.71. The topological polar surface area (TPSA) is 70.7 Å². The fourth-order valence-electron chi connectivity index (χ4n) is 2.55. The van der Waals surface area contributed by atoms with Crippen LogP contribution in [0.3, 0.4) is 0 Å². The number of rotatable bonds is 4. The highest BCUT2D eigenvalue weighted by Crippen LogP contribution is 2.33. The quantitative estimate of drug-likeness (QED) is 0.660. The molecule has 0 radical (unpaired) electrons. The zero-order valence-corrected chi connectivity index (χ0v) is 14.5. The molecule has 2 aromatic carbocycles. The molecule has 0 bridgehead atoms. The summed E-state index contributed by atoms with van der Waals surface area (Å²) in [4.78, 5) is 12.0. The van der Waals surface area contributed by atoms with E-state index in [1.807, 2.05) is 0 Å². The summed E-state index contributed by atoms with van der Waals surface area (Å²) >= 11 is 0. The smallest absolute Gasteiger partial charge is 0.326 e. The molecule has 3 rings (SSSR count). The molecule has 0 saturated carbocycles. The van der Waals surface area contributed by atoms with Crippen LogP contribution in [0.5, 0.6) is 0 Å². The van der Waals surface area contributed by atoms with E-state index in [4.69, 9.17) is 5.26 Å². The Kier molecular flexibility index (Phi) is 5.32. The molecule has 1 amide bonds. The molecule has 3 aromatic rings. The Labute approximate surface area is 161 Å². The minimum absolute atomic E-state index is 0.0512. The first-order chi connectivity index (χ1) is 13.7. The van der Waals surface area contributed by atoms with Gasteiger partial charge in [-0.3, -0.25) is 4.79 Å². The standard InChI is InChI=1S/C19H11F5N4O/c20-16-4-2-12(7-17(16)21)26-18(29)8-13-5-6-28(27-13)14-3-1-11(10-25)15(9-14)19(22,23)24/h1-7,9H,8H2,(H,26,29). The molecule has 0 spiro atoms. The van der Waals surface area contributed by atoms with Gasteiger partial charge in [-0.1, -0.05) is 0 Å². The van der Waals surface area contributed by atoms with Gasteiger partial charge >= 0.3 is 6.18 Å². The Balaban J connectivity index is 1.76. The zero-order chi connectivity index (χ0) is 21.2. The van der Waals surface area contributed by atoms with Crippen LogP contribution in [0, 0.1) is 23.0 Å². The van der Waals surface area contributed by atoms with E-state index in [1.54, 1.807) is 0 Å². The summed E-state index contributed by atoms with van der Waals surface area (Å²) in [6.07, 6.45) is -3.59.